The Morgan fingerprint density at radius 3 is 1.52 bits per heavy atom. The Balaban J connectivity index is 0.000000409. The monoisotopic (exact) mass is 400 g/mol. The van der Waals surface area contributed by atoms with E-state index in [4.69, 9.17) is 14.2 Å². The van der Waals surface area contributed by atoms with Gasteiger partial charge in [0.1, 0.15) is 17.3 Å². The Morgan fingerprint density at radius 1 is 0.828 bits per heavy atom. The largest absolute Gasteiger partial charge is 0.497 e. The first-order valence-electron chi connectivity index (χ1n) is 8.64. The Labute approximate surface area is 172 Å². The number of methoxy groups -OCH3 is 3. The minimum atomic E-state index is -0.556. The van der Waals surface area contributed by atoms with E-state index in [0.717, 1.165) is 5.76 Å². The molecule has 0 aromatic rings. The summed E-state index contributed by atoms with van der Waals surface area (Å²) < 4.78 is 14.6. The normalized spacial score (nSPS) is 16.2. The fourth-order valence-corrected chi connectivity index (χ4v) is 2.33. The minimum absolute atomic E-state index is 0.0202. The van der Waals surface area contributed by atoms with Crippen molar-refractivity contribution in [2.45, 2.75) is 20.8 Å². The van der Waals surface area contributed by atoms with Crippen LogP contribution in [0.25, 0.3) is 0 Å². The summed E-state index contributed by atoms with van der Waals surface area (Å²) in [5, 5.41) is 0. The van der Waals surface area contributed by atoms with Crippen molar-refractivity contribution < 1.29 is 28.6 Å². The van der Waals surface area contributed by atoms with Gasteiger partial charge in [0.15, 0.2) is 5.78 Å². The quantitative estimate of drug-likeness (QED) is 0.301. The maximum Gasteiger partial charge on any atom is 0.236 e. The van der Waals surface area contributed by atoms with Crippen molar-refractivity contribution >= 4 is 17.3 Å². The molecule has 0 aliphatic heterocycles. The number of ether oxygens (including phenoxy) is 3. The lowest BCUT2D eigenvalue weighted by Gasteiger charge is -2.19. The molecule has 2 rings (SSSR count). The van der Waals surface area contributed by atoms with Gasteiger partial charge in [-0.2, -0.15) is 0 Å². The molecular formula is C23H28O6. The van der Waals surface area contributed by atoms with Crippen LogP contribution in [0.2, 0.25) is 0 Å². The number of ketones is 3. The van der Waals surface area contributed by atoms with Crippen molar-refractivity contribution in [3.63, 3.8) is 0 Å². The van der Waals surface area contributed by atoms with Crippen LogP contribution in [-0.4, -0.2) is 38.7 Å². The molecule has 0 aromatic heterocycles. The first-order valence-corrected chi connectivity index (χ1v) is 8.64. The first kappa shape index (κ1) is 25.6. The number of carbonyl (C=O) groups excluding carboxylic acids is 3. The third-order valence-corrected chi connectivity index (χ3v) is 3.99. The highest BCUT2D eigenvalue weighted by molar-refractivity contribution is 6.52. The van der Waals surface area contributed by atoms with Gasteiger partial charge in [-0.05, 0) is 32.9 Å². The minimum Gasteiger partial charge on any atom is -0.497 e. The van der Waals surface area contributed by atoms with Crippen LogP contribution in [0.3, 0.4) is 0 Å². The van der Waals surface area contributed by atoms with Gasteiger partial charge in [-0.3, -0.25) is 14.4 Å². The zero-order valence-corrected chi connectivity index (χ0v) is 17.9. The molecule has 0 radical (unpaired) electrons. The van der Waals surface area contributed by atoms with E-state index < -0.39 is 11.6 Å². The summed E-state index contributed by atoms with van der Waals surface area (Å²) in [5.74, 6) is 0.785. The highest BCUT2D eigenvalue weighted by Gasteiger charge is 2.33. The highest BCUT2D eigenvalue weighted by atomic mass is 16.5. The fraction of sp³-hybridized carbons (Fsp3) is 0.261. The Morgan fingerprint density at radius 2 is 1.28 bits per heavy atom. The molecule has 2 aliphatic rings. The topological polar surface area (TPSA) is 78.9 Å². The van der Waals surface area contributed by atoms with Crippen molar-refractivity contribution in [1.82, 2.24) is 0 Å². The summed E-state index contributed by atoms with van der Waals surface area (Å²) in [6.45, 7) is 15.7. The van der Waals surface area contributed by atoms with Gasteiger partial charge < -0.3 is 14.2 Å². The second-order valence-corrected chi connectivity index (χ2v) is 5.75. The highest BCUT2D eigenvalue weighted by Crippen LogP contribution is 2.28. The lowest BCUT2D eigenvalue weighted by atomic mass is 9.91. The number of rotatable bonds is 5. The maximum atomic E-state index is 10.9. The number of allylic oxidation sites excluding steroid dienone is 8. The average Bonchev–Trinajstić information content (AvgIpc) is 2.92. The van der Waals surface area contributed by atoms with Gasteiger partial charge in [0.2, 0.25) is 11.6 Å². The zero-order chi connectivity index (χ0) is 22.7. The molecule has 0 unspecified atom stereocenters. The first-order chi connectivity index (χ1) is 13.6. The third kappa shape index (κ3) is 6.31. The van der Waals surface area contributed by atoms with Crippen molar-refractivity contribution in [2.24, 2.45) is 0 Å². The SMILES string of the molecule is C=C/C=C/C(=C\C)OC.C=C1C(=O)C(=O)C(C)=C1OC.C=C1C(=O)C(C)=C1OC. The molecule has 29 heavy (non-hydrogen) atoms. The van der Waals surface area contributed by atoms with Gasteiger partial charge in [-0.25, -0.2) is 0 Å². The molecule has 0 atom stereocenters. The fourth-order valence-electron chi connectivity index (χ4n) is 2.33. The standard InChI is InChI=1S/C8H8O3.C8H12O.C7H8O2/c1-4-6(9)7(10)5(2)8(4)11-3;1-4-6-7-8(5-2)9-3;1-4-6(8)5(2)7(4)9-3/h1H2,2-3H3;4-7H,1H2,2-3H3;1H2,2-3H3/b;7-6+,8-5+;. The molecule has 0 N–H and O–H groups in total. The number of Topliss-reactive ketones (excluding diaryl/α,β-unsaturated/α-hetero) is 3. The molecule has 0 aromatic carbocycles. The Bertz CT molecular complexity index is 847. The van der Waals surface area contributed by atoms with Gasteiger partial charge >= 0.3 is 0 Å². The molecule has 0 heterocycles. The van der Waals surface area contributed by atoms with Crippen LogP contribution < -0.4 is 0 Å². The molecule has 6 heteroatoms. The molecular weight excluding hydrogens is 372 g/mol. The van der Waals surface area contributed by atoms with E-state index in [1.54, 1.807) is 27.0 Å². The van der Waals surface area contributed by atoms with E-state index in [-0.39, 0.29) is 11.4 Å². The van der Waals surface area contributed by atoms with Crippen molar-refractivity contribution in [3.8, 4) is 0 Å². The summed E-state index contributed by atoms with van der Waals surface area (Å²) >= 11 is 0. The maximum absolute atomic E-state index is 10.9. The summed E-state index contributed by atoms with van der Waals surface area (Å²) in [6.07, 6.45) is 7.29. The Hall–Kier alpha value is -3.41. The molecule has 0 saturated carbocycles. The predicted octanol–water partition coefficient (Wildman–Crippen LogP) is 3.94. The van der Waals surface area contributed by atoms with Crippen LogP contribution >= 0.6 is 0 Å². The van der Waals surface area contributed by atoms with E-state index in [0.29, 0.717) is 28.2 Å². The molecule has 0 saturated heterocycles. The van der Waals surface area contributed by atoms with E-state index in [9.17, 15) is 14.4 Å². The molecule has 0 amide bonds. The Kier molecular flexibility index (Phi) is 10.7. The second kappa shape index (κ2) is 12.1. The molecule has 0 fully saturated rings. The second-order valence-electron chi connectivity index (χ2n) is 5.75. The molecule has 2 aliphatic carbocycles. The van der Waals surface area contributed by atoms with Gasteiger partial charge in [-0.1, -0.05) is 31.9 Å². The van der Waals surface area contributed by atoms with Gasteiger partial charge in [0.25, 0.3) is 0 Å². The van der Waals surface area contributed by atoms with Crippen molar-refractivity contribution in [3.05, 3.63) is 83.6 Å². The lowest BCUT2D eigenvalue weighted by molar-refractivity contribution is -0.131. The predicted molar refractivity (Wildman–Crippen MR) is 113 cm³/mol. The summed E-state index contributed by atoms with van der Waals surface area (Å²) in [7, 11) is 4.59. The number of carbonyl (C=O) groups is 3. The molecule has 0 bridgehead atoms. The smallest absolute Gasteiger partial charge is 0.236 e. The van der Waals surface area contributed by atoms with Gasteiger partial charge in [-0.15, -0.1) is 0 Å². The van der Waals surface area contributed by atoms with Crippen LogP contribution in [0.5, 0.6) is 0 Å². The number of hydrogen-bond acceptors (Lipinski definition) is 6. The van der Waals surface area contributed by atoms with Crippen molar-refractivity contribution in [1.29, 1.82) is 0 Å². The van der Waals surface area contributed by atoms with Gasteiger partial charge in [0.05, 0.1) is 32.5 Å². The van der Waals surface area contributed by atoms with Crippen LogP contribution in [0.15, 0.2) is 83.6 Å². The zero-order valence-electron chi connectivity index (χ0n) is 17.9. The van der Waals surface area contributed by atoms with Crippen LogP contribution in [0, 0.1) is 0 Å². The third-order valence-electron chi connectivity index (χ3n) is 3.99. The van der Waals surface area contributed by atoms with E-state index in [1.165, 1.54) is 14.2 Å². The number of hydrogen-bond donors (Lipinski definition) is 0. The molecule has 156 valence electrons. The average molecular weight is 400 g/mol. The summed E-state index contributed by atoms with van der Waals surface area (Å²) in [4.78, 5) is 32.5. The van der Waals surface area contributed by atoms with Crippen molar-refractivity contribution in [2.75, 3.05) is 21.3 Å². The summed E-state index contributed by atoms with van der Waals surface area (Å²) in [6, 6.07) is 0. The van der Waals surface area contributed by atoms with Gasteiger partial charge in [0, 0.05) is 11.1 Å². The summed E-state index contributed by atoms with van der Waals surface area (Å²) in [5.41, 5.74) is 1.69. The molecule has 0 spiro atoms. The van der Waals surface area contributed by atoms with E-state index in [1.807, 2.05) is 25.2 Å². The van der Waals surface area contributed by atoms with Crippen LogP contribution in [0.4, 0.5) is 0 Å². The van der Waals surface area contributed by atoms with Crippen LogP contribution in [-0.2, 0) is 28.6 Å². The van der Waals surface area contributed by atoms with Crippen LogP contribution in [0.1, 0.15) is 20.8 Å². The molecule has 6 nitrogen and oxygen atoms in total. The van der Waals surface area contributed by atoms with E-state index in [2.05, 4.69) is 19.7 Å². The van der Waals surface area contributed by atoms with E-state index >= 15 is 0 Å². The lowest BCUT2D eigenvalue weighted by Crippen LogP contribution is -2.20.